The molecule has 84 valence electrons. The molecule has 2 nitrogen and oxygen atoms in total. The first-order chi connectivity index (χ1) is 6.90. The van der Waals surface area contributed by atoms with Gasteiger partial charge in [0.2, 0.25) is 0 Å². The van der Waals surface area contributed by atoms with Crippen molar-refractivity contribution in [2.75, 3.05) is 7.11 Å². The third-order valence-corrected chi connectivity index (χ3v) is 2.20. The molecule has 1 rings (SSSR count). The van der Waals surface area contributed by atoms with Gasteiger partial charge in [0.15, 0.2) is 0 Å². The molecule has 0 aromatic heterocycles. The minimum atomic E-state index is -4.52. The van der Waals surface area contributed by atoms with Crippen molar-refractivity contribution in [2.24, 2.45) is 0 Å². The van der Waals surface area contributed by atoms with Crippen LogP contribution in [-0.2, 0) is 12.8 Å². The standard InChI is InChI=1S/C9H8ClF3O2/c1-15-8-2-5(4-14)7(10)3-6(8)9(11,12)13/h2-3,14H,4H2,1H3. The smallest absolute Gasteiger partial charge is 0.420 e. The lowest BCUT2D eigenvalue weighted by molar-refractivity contribution is -0.138. The van der Waals surface area contributed by atoms with Crippen LogP contribution in [0.3, 0.4) is 0 Å². The number of rotatable bonds is 2. The van der Waals surface area contributed by atoms with Crippen LogP contribution < -0.4 is 4.74 Å². The minimum Gasteiger partial charge on any atom is -0.496 e. The quantitative estimate of drug-likeness (QED) is 0.861. The van der Waals surface area contributed by atoms with Crippen LogP contribution in [0.4, 0.5) is 13.2 Å². The summed E-state index contributed by atoms with van der Waals surface area (Å²) in [5.74, 6) is -0.351. The van der Waals surface area contributed by atoms with E-state index in [9.17, 15) is 13.2 Å². The molecule has 0 bridgehead atoms. The summed E-state index contributed by atoms with van der Waals surface area (Å²) in [6, 6.07) is 1.82. The molecule has 1 aromatic rings. The lowest BCUT2D eigenvalue weighted by atomic mass is 10.1. The van der Waals surface area contributed by atoms with Gasteiger partial charge in [0.05, 0.1) is 19.3 Å². The van der Waals surface area contributed by atoms with E-state index in [1.54, 1.807) is 0 Å². The van der Waals surface area contributed by atoms with Crippen LogP contribution in [0.5, 0.6) is 5.75 Å². The van der Waals surface area contributed by atoms with Crippen LogP contribution in [0.1, 0.15) is 11.1 Å². The Morgan fingerprint density at radius 3 is 2.40 bits per heavy atom. The highest BCUT2D eigenvalue weighted by Crippen LogP contribution is 2.39. The Hall–Kier alpha value is -0.940. The van der Waals surface area contributed by atoms with Crippen LogP contribution >= 0.6 is 11.6 Å². The fourth-order valence-corrected chi connectivity index (χ4v) is 1.33. The van der Waals surface area contributed by atoms with Gasteiger partial charge in [-0.2, -0.15) is 13.2 Å². The molecular formula is C9H8ClF3O2. The highest BCUT2D eigenvalue weighted by Gasteiger charge is 2.35. The zero-order valence-electron chi connectivity index (χ0n) is 7.73. The molecule has 0 atom stereocenters. The van der Waals surface area contributed by atoms with Crippen LogP contribution in [0.2, 0.25) is 5.02 Å². The maximum absolute atomic E-state index is 12.4. The number of aliphatic hydroxyl groups excluding tert-OH is 1. The van der Waals surface area contributed by atoms with Gasteiger partial charge in [0.25, 0.3) is 0 Å². The summed E-state index contributed by atoms with van der Waals surface area (Å²) in [4.78, 5) is 0. The van der Waals surface area contributed by atoms with Crippen LogP contribution in [-0.4, -0.2) is 12.2 Å². The molecule has 0 aliphatic carbocycles. The lowest BCUT2D eigenvalue weighted by Gasteiger charge is -2.13. The van der Waals surface area contributed by atoms with Gasteiger partial charge in [-0.1, -0.05) is 11.6 Å². The van der Waals surface area contributed by atoms with Gasteiger partial charge < -0.3 is 9.84 Å². The van der Waals surface area contributed by atoms with Crippen molar-refractivity contribution in [1.82, 2.24) is 0 Å². The molecule has 0 unspecified atom stereocenters. The summed E-state index contributed by atoms with van der Waals surface area (Å²) in [6.45, 7) is -0.437. The van der Waals surface area contributed by atoms with Gasteiger partial charge in [0, 0.05) is 5.02 Å². The largest absolute Gasteiger partial charge is 0.496 e. The number of hydrogen-bond donors (Lipinski definition) is 1. The summed E-state index contributed by atoms with van der Waals surface area (Å²) in [5.41, 5.74) is -0.756. The van der Waals surface area contributed by atoms with E-state index in [0.29, 0.717) is 0 Å². The fourth-order valence-electron chi connectivity index (χ4n) is 1.11. The Balaban J connectivity index is 3.34. The average molecular weight is 241 g/mol. The normalized spacial score (nSPS) is 11.6. The first kappa shape index (κ1) is 12.1. The number of aliphatic hydroxyl groups is 1. The molecule has 1 aromatic carbocycles. The topological polar surface area (TPSA) is 29.5 Å². The van der Waals surface area contributed by atoms with Crippen LogP contribution in [0, 0.1) is 0 Å². The summed E-state index contributed by atoms with van der Waals surface area (Å²) < 4.78 is 41.9. The zero-order valence-corrected chi connectivity index (χ0v) is 8.49. The van der Waals surface area contributed by atoms with Gasteiger partial charge in [-0.3, -0.25) is 0 Å². The highest BCUT2D eigenvalue weighted by atomic mass is 35.5. The Bertz CT molecular complexity index is 363. The number of halogens is 4. The average Bonchev–Trinajstić information content (AvgIpc) is 2.16. The molecular weight excluding hydrogens is 233 g/mol. The predicted octanol–water partition coefficient (Wildman–Crippen LogP) is 2.86. The van der Waals surface area contributed by atoms with Crippen molar-refractivity contribution < 1.29 is 23.0 Å². The first-order valence-electron chi connectivity index (χ1n) is 3.94. The van der Waals surface area contributed by atoms with E-state index in [4.69, 9.17) is 16.7 Å². The number of ether oxygens (including phenoxy) is 1. The SMILES string of the molecule is COc1cc(CO)c(Cl)cc1C(F)(F)F. The van der Waals surface area contributed by atoms with Crippen molar-refractivity contribution in [1.29, 1.82) is 0 Å². The molecule has 0 aliphatic heterocycles. The van der Waals surface area contributed by atoms with Gasteiger partial charge in [-0.05, 0) is 17.7 Å². The number of methoxy groups -OCH3 is 1. The van der Waals surface area contributed by atoms with Crippen LogP contribution in [0.25, 0.3) is 0 Å². The van der Waals surface area contributed by atoms with E-state index >= 15 is 0 Å². The Labute approximate surface area is 89.2 Å². The van der Waals surface area contributed by atoms with E-state index in [-0.39, 0.29) is 16.3 Å². The second-order valence-corrected chi connectivity index (χ2v) is 3.21. The number of hydrogen-bond acceptors (Lipinski definition) is 2. The lowest BCUT2D eigenvalue weighted by Crippen LogP contribution is -2.08. The third kappa shape index (κ3) is 2.54. The summed E-state index contributed by atoms with van der Waals surface area (Å²) >= 11 is 5.55. The fraction of sp³-hybridized carbons (Fsp3) is 0.333. The van der Waals surface area contributed by atoms with Crippen LogP contribution in [0.15, 0.2) is 12.1 Å². The molecule has 0 saturated heterocycles. The van der Waals surface area contributed by atoms with Crippen molar-refractivity contribution in [3.05, 3.63) is 28.3 Å². The third-order valence-electron chi connectivity index (χ3n) is 1.84. The molecule has 1 N–H and O–H groups in total. The monoisotopic (exact) mass is 240 g/mol. The van der Waals surface area contributed by atoms with Gasteiger partial charge in [-0.15, -0.1) is 0 Å². The van der Waals surface area contributed by atoms with E-state index in [1.807, 2.05) is 0 Å². The minimum absolute atomic E-state index is 0.134. The maximum atomic E-state index is 12.4. The van der Waals surface area contributed by atoms with Crippen molar-refractivity contribution in [3.63, 3.8) is 0 Å². The van der Waals surface area contributed by atoms with E-state index < -0.39 is 18.3 Å². The molecule has 0 amide bonds. The second kappa shape index (κ2) is 4.28. The molecule has 0 fully saturated rings. The van der Waals surface area contributed by atoms with E-state index in [1.165, 1.54) is 0 Å². The van der Waals surface area contributed by atoms with Gasteiger partial charge >= 0.3 is 6.18 Å². The molecule has 0 radical (unpaired) electrons. The maximum Gasteiger partial charge on any atom is 0.420 e. The second-order valence-electron chi connectivity index (χ2n) is 2.80. The molecule has 6 heteroatoms. The summed E-state index contributed by atoms with van der Waals surface area (Å²) in [7, 11) is 1.12. The Morgan fingerprint density at radius 1 is 1.40 bits per heavy atom. The number of alkyl halides is 3. The first-order valence-corrected chi connectivity index (χ1v) is 4.32. The van der Waals surface area contributed by atoms with Gasteiger partial charge in [-0.25, -0.2) is 0 Å². The molecule has 0 saturated carbocycles. The highest BCUT2D eigenvalue weighted by molar-refractivity contribution is 6.31. The Morgan fingerprint density at radius 2 is 2.00 bits per heavy atom. The van der Waals surface area contributed by atoms with E-state index in [2.05, 4.69) is 4.74 Å². The van der Waals surface area contributed by atoms with E-state index in [0.717, 1.165) is 19.2 Å². The number of benzene rings is 1. The van der Waals surface area contributed by atoms with Crippen molar-refractivity contribution >= 4 is 11.6 Å². The summed E-state index contributed by atoms with van der Waals surface area (Å²) in [5, 5.41) is 8.68. The molecule has 0 spiro atoms. The summed E-state index contributed by atoms with van der Waals surface area (Å²) in [6.07, 6.45) is -4.52. The zero-order chi connectivity index (χ0) is 11.6. The molecule has 0 heterocycles. The predicted molar refractivity (Wildman–Crippen MR) is 48.9 cm³/mol. The van der Waals surface area contributed by atoms with Gasteiger partial charge in [0.1, 0.15) is 5.75 Å². The van der Waals surface area contributed by atoms with Crippen molar-refractivity contribution in [3.8, 4) is 5.75 Å². The Kier molecular flexibility index (Phi) is 3.46. The van der Waals surface area contributed by atoms with Crippen molar-refractivity contribution in [2.45, 2.75) is 12.8 Å². The molecule has 0 aliphatic rings. The molecule has 15 heavy (non-hydrogen) atoms.